The highest BCUT2D eigenvalue weighted by molar-refractivity contribution is 6.31. The molecule has 228 valence electrons. The van der Waals surface area contributed by atoms with Crippen LogP contribution in [0.2, 0.25) is 5.02 Å². The number of aryl methyl sites for hydroxylation is 1. The van der Waals surface area contributed by atoms with Crippen molar-refractivity contribution in [1.82, 2.24) is 44.3 Å². The van der Waals surface area contributed by atoms with Crippen molar-refractivity contribution < 1.29 is 4.39 Å². The number of hydrogen-bond donors (Lipinski definition) is 3. The van der Waals surface area contributed by atoms with Crippen LogP contribution in [0.15, 0.2) is 104 Å². The average Bonchev–Trinajstić information content (AvgIpc) is 3.74. The molecule has 13 heteroatoms. The van der Waals surface area contributed by atoms with Crippen LogP contribution < -0.4 is 10.6 Å². The third-order valence-electron chi connectivity index (χ3n) is 7.49. The molecule has 8 aromatic rings. The van der Waals surface area contributed by atoms with Crippen molar-refractivity contribution in [3.63, 3.8) is 0 Å². The molecular weight excluding hydrogens is 617 g/mol. The second-order valence-electron chi connectivity index (χ2n) is 10.8. The first kappa shape index (κ1) is 28.2. The van der Waals surface area contributed by atoms with E-state index in [1.165, 1.54) is 6.07 Å². The number of imidazole rings is 2. The highest BCUT2D eigenvalue weighted by Crippen LogP contribution is 2.35. The first-order chi connectivity index (χ1) is 22.9. The van der Waals surface area contributed by atoms with E-state index < -0.39 is 5.82 Å². The summed E-state index contributed by atoms with van der Waals surface area (Å²) in [4.78, 5) is 34.3. The lowest BCUT2D eigenvalue weighted by atomic mass is 9.99. The van der Waals surface area contributed by atoms with Crippen LogP contribution >= 0.6 is 11.6 Å². The summed E-state index contributed by atoms with van der Waals surface area (Å²) in [5.41, 5.74) is 7.42. The van der Waals surface area contributed by atoms with Crippen LogP contribution in [0.25, 0.3) is 50.5 Å². The summed E-state index contributed by atoms with van der Waals surface area (Å²) in [5.74, 6) is 0.769. The van der Waals surface area contributed by atoms with Crippen molar-refractivity contribution in [3.05, 3.63) is 121 Å². The molecule has 5 heterocycles. The lowest BCUT2D eigenvalue weighted by molar-refractivity contribution is 0.632. The van der Waals surface area contributed by atoms with E-state index in [2.05, 4.69) is 45.5 Å². The van der Waals surface area contributed by atoms with Gasteiger partial charge in [-0.25, -0.2) is 39.3 Å². The van der Waals surface area contributed by atoms with Gasteiger partial charge < -0.3 is 15.6 Å². The lowest BCUT2D eigenvalue weighted by Gasteiger charge is -2.14. The second kappa shape index (κ2) is 11.6. The topological polar surface area (TPSA) is 134 Å². The molecule has 0 amide bonds. The third kappa shape index (κ3) is 5.69. The number of aromatic amines is 1. The summed E-state index contributed by atoms with van der Waals surface area (Å²) in [6, 6.07) is 17.9. The number of aromatic nitrogens is 9. The Labute approximate surface area is 271 Å². The standard InChI is InChI=1S/C34H23ClFN11/c1-19-10-22(35)13-24(11-19)44-33-39-16-26(31(46-33)20-2-5-29-30(12-20)42-18-41-29)25-4-3-23(14-27(25)36)43-32-37-7-6-28(45-32)21-15-40-34-38-8-9-47(34)17-21/h2-18H,1H3,(H,41,42)(H,37,43,45)(H,39,44,46). The number of nitrogens with zero attached hydrogens (tertiary/aromatic N) is 8. The van der Waals surface area contributed by atoms with Gasteiger partial charge in [0.15, 0.2) is 0 Å². The molecule has 5 aromatic heterocycles. The molecule has 0 aliphatic carbocycles. The number of rotatable bonds is 7. The largest absolute Gasteiger partial charge is 0.345 e. The van der Waals surface area contributed by atoms with Crippen LogP contribution in [0.3, 0.4) is 0 Å². The molecule has 11 nitrogen and oxygen atoms in total. The van der Waals surface area contributed by atoms with E-state index in [-0.39, 0.29) is 0 Å². The van der Waals surface area contributed by atoms with E-state index in [0.717, 1.165) is 33.4 Å². The molecule has 0 spiro atoms. The number of H-pyrrole nitrogens is 1. The Morgan fingerprint density at radius 1 is 0.766 bits per heavy atom. The highest BCUT2D eigenvalue weighted by Gasteiger charge is 2.17. The van der Waals surface area contributed by atoms with E-state index in [1.807, 2.05) is 54.0 Å². The molecule has 0 atom stereocenters. The average molecular weight is 640 g/mol. The minimum Gasteiger partial charge on any atom is -0.345 e. The van der Waals surface area contributed by atoms with Crippen molar-refractivity contribution in [2.24, 2.45) is 0 Å². The maximum Gasteiger partial charge on any atom is 0.233 e. The Hall–Kier alpha value is -6.27. The molecule has 0 aliphatic heterocycles. The molecule has 0 aliphatic rings. The van der Waals surface area contributed by atoms with Gasteiger partial charge in [-0.2, -0.15) is 0 Å². The van der Waals surface area contributed by atoms with Gasteiger partial charge in [-0.3, -0.25) is 4.40 Å². The van der Waals surface area contributed by atoms with Gasteiger partial charge in [0.05, 0.1) is 28.7 Å². The summed E-state index contributed by atoms with van der Waals surface area (Å²) in [5, 5.41) is 6.93. The molecule has 3 aromatic carbocycles. The number of fused-ring (bicyclic) bond motifs is 2. The molecule has 0 unspecified atom stereocenters. The quantitative estimate of drug-likeness (QED) is 0.160. The van der Waals surface area contributed by atoms with Gasteiger partial charge >= 0.3 is 0 Å². The Morgan fingerprint density at radius 2 is 1.66 bits per heavy atom. The smallest absolute Gasteiger partial charge is 0.233 e. The first-order valence-electron chi connectivity index (χ1n) is 14.5. The maximum absolute atomic E-state index is 15.9. The van der Waals surface area contributed by atoms with Crippen LogP contribution in [0.5, 0.6) is 0 Å². The molecule has 3 N–H and O–H groups in total. The van der Waals surface area contributed by atoms with Crippen molar-refractivity contribution >= 4 is 51.7 Å². The van der Waals surface area contributed by atoms with Crippen LogP contribution in [0, 0.1) is 12.7 Å². The molecule has 0 saturated carbocycles. The fourth-order valence-corrected chi connectivity index (χ4v) is 5.64. The van der Waals surface area contributed by atoms with Crippen LogP contribution in [-0.2, 0) is 0 Å². The van der Waals surface area contributed by atoms with Crippen molar-refractivity contribution in [2.45, 2.75) is 6.92 Å². The van der Waals surface area contributed by atoms with E-state index >= 15 is 4.39 Å². The predicted octanol–water partition coefficient (Wildman–Crippen LogP) is 7.77. The Balaban J connectivity index is 1.13. The fraction of sp³-hybridized carbons (Fsp3) is 0.0294. The predicted molar refractivity (Wildman–Crippen MR) is 179 cm³/mol. The van der Waals surface area contributed by atoms with E-state index in [0.29, 0.717) is 50.9 Å². The number of benzene rings is 3. The molecule has 0 fully saturated rings. The van der Waals surface area contributed by atoms with Gasteiger partial charge in [-0.15, -0.1) is 0 Å². The van der Waals surface area contributed by atoms with Gasteiger partial charge in [0, 0.05) is 75.8 Å². The molecular formula is C34H23ClFN11. The number of nitrogens with one attached hydrogen (secondary N) is 3. The Kier molecular flexibility index (Phi) is 6.95. The first-order valence-corrected chi connectivity index (χ1v) is 14.9. The number of anilines is 4. The minimum absolute atomic E-state index is 0.309. The Morgan fingerprint density at radius 3 is 2.55 bits per heavy atom. The van der Waals surface area contributed by atoms with Crippen molar-refractivity contribution in [1.29, 1.82) is 0 Å². The third-order valence-corrected chi connectivity index (χ3v) is 7.71. The zero-order chi connectivity index (χ0) is 31.9. The van der Waals surface area contributed by atoms with Crippen LogP contribution in [0.1, 0.15) is 5.56 Å². The monoisotopic (exact) mass is 639 g/mol. The molecule has 47 heavy (non-hydrogen) atoms. The summed E-state index contributed by atoms with van der Waals surface area (Å²) < 4.78 is 17.7. The summed E-state index contributed by atoms with van der Waals surface area (Å²) in [6.45, 7) is 1.95. The Bertz CT molecular complexity index is 2420. The van der Waals surface area contributed by atoms with Gasteiger partial charge in [-0.05, 0) is 67.1 Å². The number of hydrogen-bond acceptors (Lipinski definition) is 9. The van der Waals surface area contributed by atoms with Crippen LogP contribution in [-0.4, -0.2) is 44.3 Å². The van der Waals surface area contributed by atoms with Gasteiger partial charge in [0.25, 0.3) is 0 Å². The molecule has 0 bridgehead atoms. The molecule has 0 saturated heterocycles. The molecule has 8 rings (SSSR count). The van der Waals surface area contributed by atoms with Gasteiger partial charge in [0.2, 0.25) is 17.7 Å². The second-order valence-corrected chi connectivity index (χ2v) is 11.2. The van der Waals surface area contributed by atoms with Crippen molar-refractivity contribution in [3.8, 4) is 33.6 Å². The van der Waals surface area contributed by atoms with Gasteiger partial charge in [0.1, 0.15) is 5.82 Å². The summed E-state index contributed by atoms with van der Waals surface area (Å²) >= 11 is 6.28. The van der Waals surface area contributed by atoms with Crippen molar-refractivity contribution in [2.75, 3.05) is 10.6 Å². The van der Waals surface area contributed by atoms with Gasteiger partial charge in [-0.1, -0.05) is 17.7 Å². The number of halogens is 2. The SMILES string of the molecule is Cc1cc(Cl)cc(Nc2ncc(-c3ccc(Nc4nccc(-c5cnc6nccn6c5)n4)cc3F)c(-c3ccc4nc[nH]c4c3)n2)c1. The highest BCUT2D eigenvalue weighted by atomic mass is 35.5. The van der Waals surface area contributed by atoms with E-state index in [4.69, 9.17) is 16.6 Å². The fourth-order valence-electron chi connectivity index (χ4n) is 5.35. The summed E-state index contributed by atoms with van der Waals surface area (Å²) in [6.07, 6.45) is 11.9. The lowest BCUT2D eigenvalue weighted by Crippen LogP contribution is -2.02. The van der Waals surface area contributed by atoms with Crippen LogP contribution in [0.4, 0.5) is 27.7 Å². The summed E-state index contributed by atoms with van der Waals surface area (Å²) in [7, 11) is 0. The normalized spacial score (nSPS) is 11.3. The maximum atomic E-state index is 15.9. The molecule has 0 radical (unpaired) electrons. The zero-order valence-electron chi connectivity index (χ0n) is 24.6. The zero-order valence-corrected chi connectivity index (χ0v) is 25.4. The minimum atomic E-state index is -0.473. The van der Waals surface area contributed by atoms with E-state index in [9.17, 15) is 0 Å². The van der Waals surface area contributed by atoms with E-state index in [1.54, 1.807) is 55.4 Å².